The van der Waals surface area contributed by atoms with Gasteiger partial charge < -0.3 is 5.32 Å². The third-order valence-corrected chi connectivity index (χ3v) is 5.16. The van der Waals surface area contributed by atoms with Gasteiger partial charge in [0.1, 0.15) is 0 Å². The van der Waals surface area contributed by atoms with Crippen molar-refractivity contribution in [3.63, 3.8) is 0 Å². The third-order valence-electron chi connectivity index (χ3n) is 3.86. The highest BCUT2D eigenvalue weighted by Gasteiger charge is 2.24. The minimum Gasteiger partial charge on any atom is -0.313 e. The monoisotopic (exact) mass is 231 g/mol. The fourth-order valence-electron chi connectivity index (χ4n) is 2.18. The van der Waals surface area contributed by atoms with Crippen molar-refractivity contribution in [2.75, 3.05) is 12.8 Å². The second-order valence-electron chi connectivity index (χ2n) is 5.18. The van der Waals surface area contributed by atoms with Crippen LogP contribution in [0.4, 0.5) is 0 Å². The molecule has 0 aromatic heterocycles. The van der Waals surface area contributed by atoms with Crippen LogP contribution in [0, 0.1) is 11.8 Å². The van der Waals surface area contributed by atoms with E-state index in [1.165, 1.54) is 19.3 Å². The van der Waals surface area contributed by atoms with E-state index in [2.05, 4.69) is 26.1 Å². The van der Waals surface area contributed by atoms with Crippen LogP contribution >= 0.6 is 0 Å². The van der Waals surface area contributed by atoms with E-state index in [-0.39, 0.29) is 5.25 Å². The van der Waals surface area contributed by atoms with Crippen LogP contribution in [0.5, 0.6) is 0 Å². The van der Waals surface area contributed by atoms with Gasteiger partial charge in [0, 0.05) is 34.9 Å². The largest absolute Gasteiger partial charge is 0.313 e. The number of hydrogen-bond donors (Lipinski definition) is 1. The number of nitrogens with one attached hydrogen (secondary N) is 1. The molecule has 1 aliphatic carbocycles. The molecule has 1 N–H and O–H groups in total. The van der Waals surface area contributed by atoms with Crippen LogP contribution in [-0.4, -0.2) is 28.3 Å². The molecule has 5 atom stereocenters. The minimum atomic E-state index is -0.693. The third kappa shape index (κ3) is 4.23. The number of rotatable bonds is 4. The Bertz CT molecular complexity index is 220. The predicted molar refractivity (Wildman–Crippen MR) is 67.5 cm³/mol. The highest BCUT2D eigenvalue weighted by Crippen LogP contribution is 2.29. The summed E-state index contributed by atoms with van der Waals surface area (Å²) in [6.45, 7) is 7.65. The second kappa shape index (κ2) is 6.00. The maximum atomic E-state index is 11.2. The SMILES string of the molecule is C[C@@H]1CC[C@H](NC[C@H](C)[S@@](C)=O)C[C@@H]1C. The maximum absolute atomic E-state index is 11.2. The van der Waals surface area contributed by atoms with Gasteiger partial charge in [-0.05, 0) is 38.0 Å². The Morgan fingerprint density at radius 1 is 1.33 bits per heavy atom. The quantitative estimate of drug-likeness (QED) is 0.803. The number of hydrogen-bond acceptors (Lipinski definition) is 2. The Hall–Kier alpha value is 0.110. The molecule has 1 aliphatic rings. The first-order valence-corrected chi connectivity index (χ1v) is 7.68. The van der Waals surface area contributed by atoms with Crippen molar-refractivity contribution in [3.8, 4) is 0 Å². The fourth-order valence-corrected chi connectivity index (χ4v) is 2.51. The van der Waals surface area contributed by atoms with Gasteiger partial charge in [-0.1, -0.05) is 13.8 Å². The van der Waals surface area contributed by atoms with Crippen LogP contribution in [-0.2, 0) is 10.8 Å². The average Bonchev–Trinajstić information content (AvgIpc) is 2.19. The van der Waals surface area contributed by atoms with E-state index in [4.69, 9.17) is 0 Å². The molecular weight excluding hydrogens is 206 g/mol. The molecule has 2 nitrogen and oxygen atoms in total. The molecule has 3 heteroatoms. The zero-order chi connectivity index (χ0) is 11.4. The molecule has 0 aromatic rings. The summed E-state index contributed by atoms with van der Waals surface area (Å²) in [5.41, 5.74) is 0. The first-order chi connectivity index (χ1) is 7.00. The Balaban J connectivity index is 2.25. The lowest BCUT2D eigenvalue weighted by atomic mass is 9.79. The van der Waals surface area contributed by atoms with Gasteiger partial charge in [-0.15, -0.1) is 0 Å². The fraction of sp³-hybridized carbons (Fsp3) is 1.00. The average molecular weight is 231 g/mol. The van der Waals surface area contributed by atoms with Gasteiger partial charge in [0.2, 0.25) is 0 Å². The minimum absolute atomic E-state index is 0.277. The molecule has 1 saturated carbocycles. The van der Waals surface area contributed by atoms with Gasteiger partial charge in [0.15, 0.2) is 0 Å². The van der Waals surface area contributed by atoms with E-state index in [1.54, 1.807) is 6.26 Å². The van der Waals surface area contributed by atoms with Crippen LogP contribution in [0.1, 0.15) is 40.0 Å². The molecule has 1 rings (SSSR count). The van der Waals surface area contributed by atoms with Crippen LogP contribution in [0.15, 0.2) is 0 Å². The standard InChI is InChI=1S/C12H25NOS/c1-9-5-6-12(7-10(9)2)13-8-11(3)15(4)14/h9-13H,5-8H2,1-4H3/t9-,10+,11+,12+,15-/m1/s1. The molecule has 0 amide bonds. The molecule has 0 radical (unpaired) electrons. The Morgan fingerprint density at radius 2 is 2.00 bits per heavy atom. The summed E-state index contributed by atoms with van der Waals surface area (Å²) >= 11 is 0. The van der Waals surface area contributed by atoms with Crippen molar-refractivity contribution in [2.45, 2.75) is 51.3 Å². The molecule has 0 spiro atoms. The topological polar surface area (TPSA) is 29.1 Å². The summed E-state index contributed by atoms with van der Waals surface area (Å²) in [7, 11) is -0.693. The van der Waals surface area contributed by atoms with E-state index in [9.17, 15) is 4.21 Å². The van der Waals surface area contributed by atoms with Crippen molar-refractivity contribution >= 4 is 10.8 Å². The van der Waals surface area contributed by atoms with Crippen LogP contribution < -0.4 is 5.32 Å². The van der Waals surface area contributed by atoms with E-state index >= 15 is 0 Å². The summed E-state index contributed by atoms with van der Waals surface area (Å²) in [5, 5.41) is 3.84. The predicted octanol–water partition coefficient (Wildman–Crippen LogP) is 2.17. The van der Waals surface area contributed by atoms with E-state index in [0.29, 0.717) is 6.04 Å². The van der Waals surface area contributed by atoms with Gasteiger partial charge in [-0.3, -0.25) is 4.21 Å². The smallest absolute Gasteiger partial charge is 0.0441 e. The molecule has 0 aromatic carbocycles. The highest BCUT2D eigenvalue weighted by molar-refractivity contribution is 7.84. The van der Waals surface area contributed by atoms with Crippen molar-refractivity contribution in [2.24, 2.45) is 11.8 Å². The van der Waals surface area contributed by atoms with Crippen LogP contribution in [0.3, 0.4) is 0 Å². The van der Waals surface area contributed by atoms with Crippen molar-refractivity contribution < 1.29 is 4.21 Å². The molecule has 0 heterocycles. The lowest BCUT2D eigenvalue weighted by molar-refractivity contribution is 0.227. The maximum Gasteiger partial charge on any atom is 0.0441 e. The van der Waals surface area contributed by atoms with Gasteiger partial charge in [0.25, 0.3) is 0 Å². The first-order valence-electron chi connectivity index (χ1n) is 6.06. The van der Waals surface area contributed by atoms with Crippen molar-refractivity contribution in [1.29, 1.82) is 0 Å². The molecule has 15 heavy (non-hydrogen) atoms. The Morgan fingerprint density at radius 3 is 2.53 bits per heavy atom. The zero-order valence-corrected chi connectivity index (χ0v) is 11.3. The van der Waals surface area contributed by atoms with Gasteiger partial charge in [0.05, 0.1) is 0 Å². The zero-order valence-electron chi connectivity index (χ0n) is 10.5. The lowest BCUT2D eigenvalue weighted by Crippen LogP contribution is -2.40. The van der Waals surface area contributed by atoms with Crippen LogP contribution in [0.25, 0.3) is 0 Å². The van der Waals surface area contributed by atoms with Gasteiger partial charge >= 0.3 is 0 Å². The molecule has 90 valence electrons. The normalized spacial score (nSPS) is 36.1. The van der Waals surface area contributed by atoms with Gasteiger partial charge in [-0.2, -0.15) is 0 Å². The molecule has 0 bridgehead atoms. The van der Waals surface area contributed by atoms with Crippen molar-refractivity contribution in [3.05, 3.63) is 0 Å². The lowest BCUT2D eigenvalue weighted by Gasteiger charge is -2.33. The summed E-state index contributed by atoms with van der Waals surface area (Å²) in [5.74, 6) is 1.71. The van der Waals surface area contributed by atoms with Crippen LogP contribution in [0.2, 0.25) is 0 Å². The summed E-state index contributed by atoms with van der Waals surface area (Å²) in [6, 6.07) is 0.655. The van der Waals surface area contributed by atoms with Gasteiger partial charge in [-0.25, -0.2) is 0 Å². The highest BCUT2D eigenvalue weighted by atomic mass is 32.2. The van der Waals surface area contributed by atoms with Crippen molar-refractivity contribution in [1.82, 2.24) is 5.32 Å². The van der Waals surface area contributed by atoms with E-state index < -0.39 is 10.8 Å². The molecule has 1 fully saturated rings. The Kier molecular flexibility index (Phi) is 5.27. The second-order valence-corrected chi connectivity index (χ2v) is 6.98. The molecule has 0 saturated heterocycles. The first kappa shape index (κ1) is 13.2. The summed E-state index contributed by atoms with van der Waals surface area (Å²) in [6.07, 6.45) is 5.69. The Labute approximate surface area is 96.7 Å². The van der Waals surface area contributed by atoms with E-state index in [1.807, 2.05) is 0 Å². The summed E-state index contributed by atoms with van der Waals surface area (Å²) in [4.78, 5) is 0. The molecule has 0 unspecified atom stereocenters. The molecular formula is C12H25NOS. The summed E-state index contributed by atoms with van der Waals surface area (Å²) < 4.78 is 11.2. The van der Waals surface area contributed by atoms with E-state index in [0.717, 1.165) is 18.4 Å². The molecule has 0 aliphatic heterocycles.